The van der Waals surface area contributed by atoms with Crippen LogP contribution < -0.4 is 15.5 Å². The maximum atomic E-state index is 13.9. The van der Waals surface area contributed by atoms with Crippen molar-refractivity contribution in [2.45, 2.75) is 6.18 Å². The standard InChI is InChI=1S/C20H22F4N4O/c21-16-6-2-4-8-18(16)28-13-11-27(12-14-28)10-9-25-19(29)26-17-7-3-1-5-15(17)20(22,23)24/h1-8H,9-14H2,(H2,25,26,29). The molecule has 1 aliphatic rings. The van der Waals surface area contributed by atoms with E-state index < -0.39 is 17.8 Å². The van der Waals surface area contributed by atoms with Gasteiger partial charge in [0.1, 0.15) is 5.82 Å². The van der Waals surface area contributed by atoms with Gasteiger partial charge in [0.05, 0.1) is 16.9 Å². The first-order valence-corrected chi connectivity index (χ1v) is 9.27. The van der Waals surface area contributed by atoms with Gasteiger partial charge in [-0.25, -0.2) is 9.18 Å². The monoisotopic (exact) mass is 410 g/mol. The van der Waals surface area contributed by atoms with Crippen molar-refractivity contribution in [3.8, 4) is 0 Å². The molecule has 2 aromatic rings. The van der Waals surface area contributed by atoms with Gasteiger partial charge in [-0.15, -0.1) is 0 Å². The first kappa shape index (κ1) is 20.9. The van der Waals surface area contributed by atoms with Crippen LogP contribution in [0, 0.1) is 5.82 Å². The van der Waals surface area contributed by atoms with E-state index >= 15 is 0 Å². The van der Waals surface area contributed by atoms with E-state index in [2.05, 4.69) is 15.5 Å². The number of para-hydroxylation sites is 2. The minimum atomic E-state index is -4.54. The molecular weight excluding hydrogens is 388 g/mol. The maximum absolute atomic E-state index is 13.9. The Hall–Kier alpha value is -2.81. The van der Waals surface area contributed by atoms with Crippen molar-refractivity contribution >= 4 is 17.4 Å². The van der Waals surface area contributed by atoms with Gasteiger partial charge in [-0.05, 0) is 24.3 Å². The van der Waals surface area contributed by atoms with Crippen LogP contribution in [0.15, 0.2) is 48.5 Å². The Bertz CT molecular complexity index is 835. The topological polar surface area (TPSA) is 47.6 Å². The van der Waals surface area contributed by atoms with Crippen molar-refractivity contribution < 1.29 is 22.4 Å². The van der Waals surface area contributed by atoms with Gasteiger partial charge in [-0.1, -0.05) is 24.3 Å². The number of piperazine rings is 1. The van der Waals surface area contributed by atoms with Crippen molar-refractivity contribution in [1.29, 1.82) is 0 Å². The van der Waals surface area contributed by atoms with Gasteiger partial charge in [0, 0.05) is 39.3 Å². The molecule has 2 aromatic carbocycles. The largest absolute Gasteiger partial charge is 0.418 e. The average molecular weight is 410 g/mol. The lowest BCUT2D eigenvalue weighted by Crippen LogP contribution is -2.49. The Kier molecular flexibility index (Phi) is 6.58. The number of anilines is 2. The lowest BCUT2D eigenvalue weighted by molar-refractivity contribution is -0.136. The number of hydrogen-bond donors (Lipinski definition) is 2. The lowest BCUT2D eigenvalue weighted by atomic mass is 10.1. The van der Waals surface area contributed by atoms with E-state index in [4.69, 9.17) is 0 Å². The summed E-state index contributed by atoms with van der Waals surface area (Å²) in [5.74, 6) is -0.251. The van der Waals surface area contributed by atoms with Crippen LogP contribution in [0.25, 0.3) is 0 Å². The number of alkyl halides is 3. The zero-order chi connectivity index (χ0) is 20.9. The molecule has 1 aliphatic heterocycles. The van der Waals surface area contributed by atoms with E-state index in [1.165, 1.54) is 24.3 Å². The molecular formula is C20H22F4N4O. The van der Waals surface area contributed by atoms with Crippen LogP contribution in [0.2, 0.25) is 0 Å². The third-order valence-electron chi connectivity index (χ3n) is 4.76. The predicted molar refractivity (Wildman–Crippen MR) is 104 cm³/mol. The highest BCUT2D eigenvalue weighted by molar-refractivity contribution is 5.90. The molecule has 0 aliphatic carbocycles. The van der Waals surface area contributed by atoms with Crippen molar-refractivity contribution in [2.24, 2.45) is 0 Å². The fourth-order valence-corrected chi connectivity index (χ4v) is 3.25. The summed E-state index contributed by atoms with van der Waals surface area (Å²) >= 11 is 0. The normalized spacial score (nSPS) is 15.2. The van der Waals surface area contributed by atoms with Crippen LogP contribution in [-0.2, 0) is 6.18 Å². The zero-order valence-electron chi connectivity index (χ0n) is 15.7. The van der Waals surface area contributed by atoms with Gasteiger partial charge < -0.3 is 15.5 Å². The molecule has 0 spiro atoms. The van der Waals surface area contributed by atoms with Crippen LogP contribution in [0.5, 0.6) is 0 Å². The van der Waals surface area contributed by atoms with Crippen LogP contribution in [0.4, 0.5) is 33.7 Å². The van der Waals surface area contributed by atoms with E-state index in [9.17, 15) is 22.4 Å². The second kappa shape index (κ2) is 9.13. The van der Waals surface area contributed by atoms with Gasteiger partial charge in [0.15, 0.2) is 0 Å². The molecule has 1 fully saturated rings. The molecule has 0 radical (unpaired) electrons. The van der Waals surface area contributed by atoms with Gasteiger partial charge in [-0.3, -0.25) is 4.90 Å². The number of nitrogens with zero attached hydrogens (tertiary/aromatic N) is 2. The van der Waals surface area contributed by atoms with Crippen LogP contribution >= 0.6 is 0 Å². The maximum Gasteiger partial charge on any atom is 0.418 e. The van der Waals surface area contributed by atoms with Gasteiger partial charge in [0.25, 0.3) is 0 Å². The molecule has 156 valence electrons. The van der Waals surface area contributed by atoms with Crippen molar-refractivity contribution in [1.82, 2.24) is 10.2 Å². The molecule has 0 saturated carbocycles. The van der Waals surface area contributed by atoms with Gasteiger partial charge in [-0.2, -0.15) is 13.2 Å². The highest BCUT2D eigenvalue weighted by Gasteiger charge is 2.33. The summed E-state index contributed by atoms with van der Waals surface area (Å²) in [5.41, 5.74) is -0.594. The number of rotatable bonds is 5. The first-order chi connectivity index (χ1) is 13.8. The summed E-state index contributed by atoms with van der Waals surface area (Å²) in [6.07, 6.45) is -4.54. The number of amides is 2. The highest BCUT2D eigenvalue weighted by atomic mass is 19.4. The quantitative estimate of drug-likeness (QED) is 0.738. The van der Waals surface area contributed by atoms with E-state index in [1.807, 2.05) is 4.90 Å². The third kappa shape index (κ3) is 5.60. The third-order valence-corrected chi connectivity index (χ3v) is 4.76. The number of carbonyl (C=O) groups is 1. The number of halogens is 4. The van der Waals surface area contributed by atoms with E-state index in [1.54, 1.807) is 18.2 Å². The van der Waals surface area contributed by atoms with Gasteiger partial charge in [0.2, 0.25) is 0 Å². The average Bonchev–Trinajstić information content (AvgIpc) is 2.69. The summed E-state index contributed by atoms with van der Waals surface area (Å²) < 4.78 is 52.8. The fourth-order valence-electron chi connectivity index (χ4n) is 3.25. The van der Waals surface area contributed by atoms with Crippen molar-refractivity contribution in [3.05, 3.63) is 59.9 Å². The minimum Gasteiger partial charge on any atom is -0.367 e. The molecule has 0 atom stereocenters. The Morgan fingerprint density at radius 2 is 1.62 bits per heavy atom. The molecule has 3 rings (SSSR count). The molecule has 0 unspecified atom stereocenters. The van der Waals surface area contributed by atoms with Crippen molar-refractivity contribution in [2.75, 3.05) is 49.5 Å². The summed E-state index contributed by atoms with van der Waals surface area (Å²) in [7, 11) is 0. The highest BCUT2D eigenvalue weighted by Crippen LogP contribution is 2.34. The number of hydrogen-bond acceptors (Lipinski definition) is 3. The Morgan fingerprint density at radius 3 is 2.31 bits per heavy atom. The van der Waals surface area contributed by atoms with Crippen LogP contribution in [0.1, 0.15) is 5.56 Å². The smallest absolute Gasteiger partial charge is 0.367 e. The van der Waals surface area contributed by atoms with E-state index in [0.29, 0.717) is 45.0 Å². The SMILES string of the molecule is O=C(NCCN1CCN(c2ccccc2F)CC1)Nc1ccccc1C(F)(F)F. The zero-order valence-corrected chi connectivity index (χ0v) is 15.7. The second-order valence-electron chi connectivity index (χ2n) is 6.70. The lowest BCUT2D eigenvalue weighted by Gasteiger charge is -2.36. The Balaban J connectivity index is 1.42. The summed E-state index contributed by atoms with van der Waals surface area (Å²) in [4.78, 5) is 16.0. The molecule has 9 heteroatoms. The molecule has 2 N–H and O–H groups in total. The summed E-state index contributed by atoms with van der Waals surface area (Å²) in [5, 5.41) is 4.83. The molecule has 1 saturated heterocycles. The number of urea groups is 1. The summed E-state index contributed by atoms with van der Waals surface area (Å²) in [6.45, 7) is 3.57. The molecule has 2 amide bonds. The molecule has 0 bridgehead atoms. The molecule has 29 heavy (non-hydrogen) atoms. The number of nitrogens with one attached hydrogen (secondary N) is 2. The molecule has 0 aromatic heterocycles. The second-order valence-corrected chi connectivity index (χ2v) is 6.70. The summed E-state index contributed by atoms with van der Waals surface area (Å²) in [6, 6.07) is 10.8. The molecule has 1 heterocycles. The predicted octanol–water partition coefficient (Wildman–Crippen LogP) is 3.79. The van der Waals surface area contributed by atoms with E-state index in [0.717, 1.165) is 6.07 Å². The Labute approximate surface area is 166 Å². The molecule has 5 nitrogen and oxygen atoms in total. The minimum absolute atomic E-state index is 0.251. The van der Waals surface area contributed by atoms with E-state index in [-0.39, 0.29) is 11.5 Å². The first-order valence-electron chi connectivity index (χ1n) is 9.27. The van der Waals surface area contributed by atoms with Crippen LogP contribution in [0.3, 0.4) is 0 Å². The Morgan fingerprint density at radius 1 is 0.966 bits per heavy atom. The van der Waals surface area contributed by atoms with Crippen molar-refractivity contribution in [3.63, 3.8) is 0 Å². The number of carbonyl (C=O) groups excluding carboxylic acids is 1. The fraction of sp³-hybridized carbons (Fsp3) is 0.350. The number of benzene rings is 2. The van der Waals surface area contributed by atoms with Gasteiger partial charge >= 0.3 is 12.2 Å². The van der Waals surface area contributed by atoms with Crippen LogP contribution in [-0.4, -0.2) is 50.2 Å².